The lowest BCUT2D eigenvalue weighted by Gasteiger charge is -2.20. The van der Waals surface area contributed by atoms with E-state index in [4.69, 9.17) is 0 Å². The van der Waals surface area contributed by atoms with E-state index in [2.05, 4.69) is 11.3 Å². The van der Waals surface area contributed by atoms with E-state index in [-0.39, 0.29) is 10.5 Å². The second-order valence-corrected chi connectivity index (χ2v) is 7.79. The van der Waals surface area contributed by atoms with Crippen LogP contribution in [0.3, 0.4) is 0 Å². The van der Waals surface area contributed by atoms with Gasteiger partial charge < -0.3 is 0 Å². The Bertz CT molecular complexity index is 1110. The van der Waals surface area contributed by atoms with Crippen LogP contribution in [0, 0.1) is 18.3 Å². The molecule has 0 aliphatic rings. The minimum Gasteiger partial charge on any atom is -0.207 e. The second kappa shape index (κ2) is 7.12. The lowest BCUT2D eigenvalue weighted by atomic mass is 9.95. The number of nitrogens with zero attached hydrogens (tertiary/aromatic N) is 1. The highest BCUT2D eigenvalue weighted by atomic mass is 32.2. The van der Waals surface area contributed by atoms with Crippen LogP contribution in [-0.4, -0.2) is 8.42 Å². The van der Waals surface area contributed by atoms with E-state index < -0.39 is 16.1 Å². The lowest BCUT2D eigenvalue weighted by molar-refractivity contribution is 0.573. The maximum atomic E-state index is 12.8. The zero-order chi connectivity index (χ0) is 18.7. The Hall–Kier alpha value is -2.94. The standard InChI is InChI=1S/C21H18N2O2S/c1-15-10-12-18(13-11-15)26(24,25)23-21(16(2)14-22)20-9-5-7-17-6-3-4-8-19(17)20/h3-13,21,23H,2H2,1H3/t21-/m1/s1. The molecule has 0 aromatic heterocycles. The highest BCUT2D eigenvalue weighted by Crippen LogP contribution is 2.29. The summed E-state index contributed by atoms with van der Waals surface area (Å²) < 4.78 is 28.3. The summed E-state index contributed by atoms with van der Waals surface area (Å²) in [4.78, 5) is 0.152. The molecular weight excluding hydrogens is 344 g/mol. The molecule has 130 valence electrons. The third-order valence-electron chi connectivity index (χ3n) is 4.23. The monoisotopic (exact) mass is 362 g/mol. The third-order valence-corrected chi connectivity index (χ3v) is 5.67. The van der Waals surface area contributed by atoms with Crippen LogP contribution >= 0.6 is 0 Å². The molecule has 0 saturated carbocycles. The van der Waals surface area contributed by atoms with Crippen molar-refractivity contribution in [2.75, 3.05) is 0 Å². The molecule has 1 atom stereocenters. The number of hydrogen-bond acceptors (Lipinski definition) is 3. The van der Waals surface area contributed by atoms with Crippen LogP contribution in [0.2, 0.25) is 0 Å². The first-order chi connectivity index (χ1) is 12.4. The van der Waals surface area contributed by atoms with Crippen LogP contribution in [0.15, 0.2) is 83.8 Å². The van der Waals surface area contributed by atoms with Crippen molar-refractivity contribution in [3.8, 4) is 6.07 Å². The summed E-state index contributed by atoms with van der Waals surface area (Å²) in [6.07, 6.45) is 0. The summed E-state index contributed by atoms with van der Waals surface area (Å²) in [5.74, 6) is 0. The van der Waals surface area contributed by atoms with E-state index in [1.165, 1.54) is 0 Å². The van der Waals surface area contributed by atoms with Crippen molar-refractivity contribution in [1.29, 1.82) is 5.26 Å². The molecule has 1 N–H and O–H groups in total. The maximum absolute atomic E-state index is 12.8. The number of sulfonamides is 1. The number of aryl methyl sites for hydroxylation is 1. The molecule has 0 spiro atoms. The van der Waals surface area contributed by atoms with Gasteiger partial charge in [0, 0.05) is 5.57 Å². The molecule has 0 aliphatic heterocycles. The van der Waals surface area contributed by atoms with Gasteiger partial charge in [0.05, 0.1) is 17.0 Å². The van der Waals surface area contributed by atoms with Crippen molar-refractivity contribution in [1.82, 2.24) is 4.72 Å². The molecule has 0 radical (unpaired) electrons. The normalized spacial score (nSPS) is 12.5. The molecule has 5 heteroatoms. The van der Waals surface area contributed by atoms with Gasteiger partial charge in [-0.15, -0.1) is 0 Å². The van der Waals surface area contributed by atoms with Crippen LogP contribution < -0.4 is 4.72 Å². The minimum atomic E-state index is -3.81. The Kier molecular flexibility index (Phi) is 4.90. The molecule has 0 bridgehead atoms. The zero-order valence-electron chi connectivity index (χ0n) is 14.3. The average Bonchev–Trinajstić information content (AvgIpc) is 2.65. The number of nitrogens with one attached hydrogen (secondary N) is 1. The van der Waals surface area contributed by atoms with Crippen LogP contribution in [0.1, 0.15) is 17.2 Å². The van der Waals surface area contributed by atoms with Crippen LogP contribution in [0.4, 0.5) is 0 Å². The van der Waals surface area contributed by atoms with Gasteiger partial charge in [0.25, 0.3) is 0 Å². The molecule has 0 amide bonds. The first-order valence-electron chi connectivity index (χ1n) is 8.08. The van der Waals surface area contributed by atoms with Gasteiger partial charge in [-0.25, -0.2) is 8.42 Å². The molecule has 0 unspecified atom stereocenters. The third kappa shape index (κ3) is 3.52. The molecule has 3 aromatic carbocycles. The van der Waals surface area contributed by atoms with Gasteiger partial charge in [0.15, 0.2) is 0 Å². The SMILES string of the molecule is C=C(C#N)[C@@H](NS(=O)(=O)c1ccc(C)cc1)c1cccc2ccccc12. The van der Waals surface area contributed by atoms with Gasteiger partial charge in [-0.3, -0.25) is 0 Å². The fraction of sp³-hybridized carbons (Fsp3) is 0.0952. The molecule has 0 heterocycles. The second-order valence-electron chi connectivity index (χ2n) is 6.07. The Balaban J connectivity index is 2.08. The molecule has 4 nitrogen and oxygen atoms in total. The molecule has 0 aliphatic carbocycles. The highest BCUT2D eigenvalue weighted by Gasteiger charge is 2.25. The predicted octanol–water partition coefficient (Wildman–Crippen LogP) is 4.25. The summed E-state index contributed by atoms with van der Waals surface area (Å²) in [6, 6.07) is 21.0. The van der Waals surface area contributed by atoms with E-state index in [1.54, 1.807) is 24.3 Å². The number of nitriles is 1. The fourth-order valence-corrected chi connectivity index (χ4v) is 4.04. The molecule has 0 fully saturated rings. The maximum Gasteiger partial charge on any atom is 0.241 e. The van der Waals surface area contributed by atoms with Crippen molar-refractivity contribution < 1.29 is 8.42 Å². The van der Waals surface area contributed by atoms with E-state index >= 15 is 0 Å². The largest absolute Gasteiger partial charge is 0.241 e. The topological polar surface area (TPSA) is 70.0 Å². The number of benzene rings is 3. The predicted molar refractivity (Wildman–Crippen MR) is 103 cm³/mol. The highest BCUT2D eigenvalue weighted by molar-refractivity contribution is 7.89. The van der Waals surface area contributed by atoms with Gasteiger partial charge in [0.2, 0.25) is 10.0 Å². The minimum absolute atomic E-state index is 0.136. The van der Waals surface area contributed by atoms with Gasteiger partial charge in [0.1, 0.15) is 0 Å². The first-order valence-corrected chi connectivity index (χ1v) is 9.56. The number of rotatable bonds is 5. The summed E-state index contributed by atoms with van der Waals surface area (Å²) in [5, 5.41) is 11.2. The quantitative estimate of drug-likeness (QED) is 0.690. The van der Waals surface area contributed by atoms with Gasteiger partial charge >= 0.3 is 0 Å². The molecule has 3 aromatic rings. The van der Waals surface area contributed by atoms with E-state index in [1.807, 2.05) is 55.5 Å². The van der Waals surface area contributed by atoms with Crippen molar-refractivity contribution in [2.45, 2.75) is 17.9 Å². The Morgan fingerprint density at radius 1 is 1.04 bits per heavy atom. The van der Waals surface area contributed by atoms with E-state index in [9.17, 15) is 13.7 Å². The zero-order valence-corrected chi connectivity index (χ0v) is 15.1. The van der Waals surface area contributed by atoms with E-state index in [0.717, 1.165) is 16.3 Å². The lowest BCUT2D eigenvalue weighted by Crippen LogP contribution is -2.29. The molecule has 3 rings (SSSR count). The Morgan fingerprint density at radius 3 is 2.38 bits per heavy atom. The molecule has 0 saturated heterocycles. The average molecular weight is 362 g/mol. The number of fused-ring (bicyclic) bond motifs is 1. The smallest absolute Gasteiger partial charge is 0.207 e. The summed E-state index contributed by atoms with van der Waals surface area (Å²) >= 11 is 0. The van der Waals surface area contributed by atoms with E-state index in [0.29, 0.717) is 5.56 Å². The van der Waals surface area contributed by atoms with Crippen molar-refractivity contribution >= 4 is 20.8 Å². The van der Waals surface area contributed by atoms with Crippen LogP contribution in [0.5, 0.6) is 0 Å². The Labute approximate surface area is 153 Å². The first kappa shape index (κ1) is 17.9. The summed E-state index contributed by atoms with van der Waals surface area (Å²) in [6.45, 7) is 5.65. The van der Waals surface area contributed by atoms with Crippen LogP contribution in [0.25, 0.3) is 10.8 Å². The summed E-state index contributed by atoms with van der Waals surface area (Å²) in [7, 11) is -3.81. The van der Waals surface area contributed by atoms with Crippen molar-refractivity contribution in [3.05, 3.63) is 90.0 Å². The fourth-order valence-electron chi connectivity index (χ4n) is 2.83. The van der Waals surface area contributed by atoms with Gasteiger partial charge in [-0.05, 0) is 35.4 Å². The van der Waals surface area contributed by atoms with Crippen LogP contribution in [-0.2, 0) is 10.0 Å². The number of hydrogen-bond donors (Lipinski definition) is 1. The summed E-state index contributed by atoms with van der Waals surface area (Å²) in [5.41, 5.74) is 1.80. The Morgan fingerprint density at radius 2 is 1.69 bits per heavy atom. The van der Waals surface area contributed by atoms with Gasteiger partial charge in [-0.2, -0.15) is 9.98 Å². The van der Waals surface area contributed by atoms with Crippen molar-refractivity contribution in [3.63, 3.8) is 0 Å². The van der Waals surface area contributed by atoms with Gasteiger partial charge in [-0.1, -0.05) is 66.7 Å². The molecular formula is C21H18N2O2S. The van der Waals surface area contributed by atoms with Crippen molar-refractivity contribution in [2.24, 2.45) is 0 Å². The molecule has 26 heavy (non-hydrogen) atoms.